The largest absolute Gasteiger partial charge is 0.486 e. The zero-order chi connectivity index (χ0) is 12.8. The molecule has 0 saturated carbocycles. The van der Waals surface area contributed by atoms with Gasteiger partial charge < -0.3 is 15.8 Å². The normalized spacial score (nSPS) is 35.1. The SMILES string of the molecule is CC1CNCCC12C[C@@H](N)c1cc(F)ccc1O2. The van der Waals surface area contributed by atoms with Crippen molar-refractivity contribution in [3.05, 3.63) is 29.6 Å². The van der Waals surface area contributed by atoms with E-state index in [1.54, 1.807) is 6.07 Å². The Morgan fingerprint density at radius 1 is 1.50 bits per heavy atom. The van der Waals surface area contributed by atoms with Gasteiger partial charge in [-0.15, -0.1) is 0 Å². The third-order valence-corrected chi connectivity index (χ3v) is 4.32. The fourth-order valence-electron chi connectivity index (χ4n) is 3.15. The molecule has 0 radical (unpaired) electrons. The molecule has 98 valence electrons. The molecule has 1 fully saturated rings. The van der Waals surface area contributed by atoms with Crippen molar-refractivity contribution in [3.63, 3.8) is 0 Å². The van der Waals surface area contributed by atoms with E-state index in [-0.39, 0.29) is 17.5 Å². The minimum Gasteiger partial charge on any atom is -0.486 e. The van der Waals surface area contributed by atoms with Crippen molar-refractivity contribution in [2.24, 2.45) is 11.7 Å². The number of ether oxygens (including phenoxy) is 1. The first-order valence-electron chi connectivity index (χ1n) is 6.55. The average molecular weight is 250 g/mol. The van der Waals surface area contributed by atoms with E-state index in [1.807, 2.05) is 0 Å². The van der Waals surface area contributed by atoms with Crippen molar-refractivity contribution < 1.29 is 9.13 Å². The maximum atomic E-state index is 13.3. The van der Waals surface area contributed by atoms with Crippen molar-refractivity contribution in [1.29, 1.82) is 0 Å². The van der Waals surface area contributed by atoms with Gasteiger partial charge in [-0.1, -0.05) is 6.92 Å². The summed E-state index contributed by atoms with van der Waals surface area (Å²) in [5.41, 5.74) is 6.83. The van der Waals surface area contributed by atoms with Crippen LogP contribution in [0.5, 0.6) is 5.75 Å². The smallest absolute Gasteiger partial charge is 0.125 e. The number of nitrogens with one attached hydrogen (secondary N) is 1. The minimum absolute atomic E-state index is 0.134. The van der Waals surface area contributed by atoms with Crippen LogP contribution in [0.1, 0.15) is 31.4 Å². The summed E-state index contributed by atoms with van der Waals surface area (Å²) in [5, 5.41) is 3.37. The molecule has 3 N–H and O–H groups in total. The molecule has 2 unspecified atom stereocenters. The molecule has 1 saturated heterocycles. The second kappa shape index (κ2) is 4.21. The fraction of sp³-hybridized carbons (Fsp3) is 0.571. The van der Waals surface area contributed by atoms with E-state index in [0.717, 1.165) is 37.2 Å². The Bertz CT molecular complexity index is 465. The fourth-order valence-corrected chi connectivity index (χ4v) is 3.15. The van der Waals surface area contributed by atoms with Crippen molar-refractivity contribution >= 4 is 0 Å². The average Bonchev–Trinajstić information content (AvgIpc) is 2.34. The molecular formula is C14H19FN2O. The summed E-state index contributed by atoms with van der Waals surface area (Å²) in [7, 11) is 0. The van der Waals surface area contributed by atoms with Crippen LogP contribution in [0, 0.1) is 11.7 Å². The highest BCUT2D eigenvalue weighted by Crippen LogP contribution is 2.44. The van der Waals surface area contributed by atoms with Gasteiger partial charge in [-0.3, -0.25) is 0 Å². The van der Waals surface area contributed by atoms with Gasteiger partial charge >= 0.3 is 0 Å². The molecule has 4 heteroatoms. The predicted molar refractivity (Wildman–Crippen MR) is 68.0 cm³/mol. The van der Waals surface area contributed by atoms with Crippen LogP contribution < -0.4 is 15.8 Å². The summed E-state index contributed by atoms with van der Waals surface area (Å²) in [5.74, 6) is 0.918. The Kier molecular flexibility index (Phi) is 2.79. The van der Waals surface area contributed by atoms with Gasteiger partial charge in [0.15, 0.2) is 0 Å². The predicted octanol–water partition coefficient (Wildman–Crippen LogP) is 1.98. The Labute approximate surface area is 107 Å². The van der Waals surface area contributed by atoms with E-state index in [0.29, 0.717) is 5.92 Å². The quantitative estimate of drug-likeness (QED) is 0.740. The van der Waals surface area contributed by atoms with Crippen LogP contribution in [0.4, 0.5) is 4.39 Å². The van der Waals surface area contributed by atoms with Gasteiger partial charge in [-0.25, -0.2) is 4.39 Å². The first-order valence-corrected chi connectivity index (χ1v) is 6.55. The Morgan fingerprint density at radius 3 is 3.11 bits per heavy atom. The van der Waals surface area contributed by atoms with Crippen molar-refractivity contribution in [3.8, 4) is 5.75 Å². The lowest BCUT2D eigenvalue weighted by Gasteiger charge is -2.47. The standard InChI is InChI=1S/C14H19FN2O/c1-9-8-17-5-4-14(9)7-12(16)11-6-10(15)2-3-13(11)18-14/h2-3,6,9,12,17H,4-5,7-8,16H2,1H3/t9?,12-,14?/m1/s1. The molecule has 0 bridgehead atoms. The molecule has 3 rings (SSSR count). The summed E-state index contributed by atoms with van der Waals surface area (Å²) in [6.07, 6.45) is 1.73. The highest BCUT2D eigenvalue weighted by molar-refractivity contribution is 5.39. The molecule has 18 heavy (non-hydrogen) atoms. The molecule has 3 nitrogen and oxygen atoms in total. The summed E-state index contributed by atoms with van der Waals surface area (Å²) in [4.78, 5) is 0. The van der Waals surface area contributed by atoms with E-state index >= 15 is 0 Å². The van der Waals surface area contributed by atoms with Gasteiger partial charge in [0, 0.05) is 30.5 Å². The lowest BCUT2D eigenvalue weighted by Crippen LogP contribution is -2.55. The minimum atomic E-state index is -0.248. The van der Waals surface area contributed by atoms with E-state index in [2.05, 4.69) is 12.2 Å². The second-order valence-electron chi connectivity index (χ2n) is 5.51. The van der Waals surface area contributed by atoms with E-state index < -0.39 is 0 Å². The molecule has 1 spiro atoms. The number of piperidine rings is 1. The van der Waals surface area contributed by atoms with Gasteiger partial charge in [0.05, 0.1) is 0 Å². The number of fused-ring (bicyclic) bond motifs is 1. The number of benzene rings is 1. The van der Waals surface area contributed by atoms with Crippen LogP contribution in [0.3, 0.4) is 0 Å². The maximum absolute atomic E-state index is 13.3. The molecule has 0 amide bonds. The van der Waals surface area contributed by atoms with Gasteiger partial charge in [0.25, 0.3) is 0 Å². The molecule has 2 heterocycles. The van der Waals surface area contributed by atoms with Crippen molar-refractivity contribution in [2.45, 2.75) is 31.4 Å². The molecular weight excluding hydrogens is 231 g/mol. The third-order valence-electron chi connectivity index (χ3n) is 4.32. The first-order chi connectivity index (χ1) is 8.61. The highest BCUT2D eigenvalue weighted by atomic mass is 19.1. The Hall–Kier alpha value is -1.13. The van der Waals surface area contributed by atoms with Crippen LogP contribution in [0.15, 0.2) is 18.2 Å². The molecule has 2 aliphatic heterocycles. The first kappa shape index (κ1) is 11.9. The number of rotatable bonds is 0. The molecule has 0 aliphatic carbocycles. The van der Waals surface area contributed by atoms with Gasteiger partial charge in [0.1, 0.15) is 17.2 Å². The van der Waals surface area contributed by atoms with E-state index in [1.165, 1.54) is 12.1 Å². The summed E-state index contributed by atoms with van der Waals surface area (Å²) >= 11 is 0. The lowest BCUT2D eigenvalue weighted by molar-refractivity contribution is -0.0336. The summed E-state index contributed by atoms with van der Waals surface area (Å²) < 4.78 is 19.5. The van der Waals surface area contributed by atoms with Gasteiger partial charge in [0.2, 0.25) is 0 Å². The Morgan fingerprint density at radius 2 is 2.33 bits per heavy atom. The molecule has 3 atom stereocenters. The summed E-state index contributed by atoms with van der Waals surface area (Å²) in [6.45, 7) is 4.09. The summed E-state index contributed by atoms with van der Waals surface area (Å²) in [6, 6.07) is 4.51. The topological polar surface area (TPSA) is 47.3 Å². The van der Waals surface area contributed by atoms with Crippen LogP contribution in [0.25, 0.3) is 0 Å². The zero-order valence-electron chi connectivity index (χ0n) is 10.6. The maximum Gasteiger partial charge on any atom is 0.125 e. The van der Waals surface area contributed by atoms with E-state index in [4.69, 9.17) is 10.5 Å². The zero-order valence-corrected chi connectivity index (χ0v) is 10.6. The number of halogens is 1. The van der Waals surface area contributed by atoms with Crippen LogP contribution in [-0.4, -0.2) is 18.7 Å². The van der Waals surface area contributed by atoms with E-state index in [9.17, 15) is 4.39 Å². The number of hydrogen-bond donors (Lipinski definition) is 2. The van der Waals surface area contributed by atoms with Gasteiger partial charge in [-0.2, -0.15) is 0 Å². The van der Waals surface area contributed by atoms with Crippen LogP contribution in [-0.2, 0) is 0 Å². The third kappa shape index (κ3) is 1.80. The van der Waals surface area contributed by atoms with Gasteiger partial charge in [-0.05, 0) is 31.2 Å². The monoisotopic (exact) mass is 250 g/mol. The molecule has 2 aliphatic rings. The van der Waals surface area contributed by atoms with Crippen LogP contribution in [0.2, 0.25) is 0 Å². The molecule has 1 aromatic rings. The lowest BCUT2D eigenvalue weighted by atomic mass is 9.75. The number of nitrogens with two attached hydrogens (primary N) is 1. The number of hydrogen-bond acceptors (Lipinski definition) is 3. The van der Waals surface area contributed by atoms with Crippen LogP contribution >= 0.6 is 0 Å². The Balaban J connectivity index is 1.98. The second-order valence-corrected chi connectivity index (χ2v) is 5.51. The van der Waals surface area contributed by atoms with Crippen molar-refractivity contribution in [1.82, 2.24) is 5.32 Å². The molecule has 0 aromatic heterocycles. The molecule has 1 aromatic carbocycles. The van der Waals surface area contributed by atoms with Crippen molar-refractivity contribution in [2.75, 3.05) is 13.1 Å². The highest BCUT2D eigenvalue weighted by Gasteiger charge is 2.45.